The maximum atomic E-state index is 12.9. The molecule has 20 heavy (non-hydrogen) atoms. The zero-order valence-electron chi connectivity index (χ0n) is 10.6. The summed E-state index contributed by atoms with van der Waals surface area (Å²) in [6.45, 7) is 0.473. The van der Waals surface area contributed by atoms with E-state index in [1.165, 1.54) is 24.4 Å². The number of rotatable bonds is 4. The van der Waals surface area contributed by atoms with E-state index in [0.717, 1.165) is 11.8 Å². The van der Waals surface area contributed by atoms with Crippen LogP contribution in [0.15, 0.2) is 46.0 Å². The topological polar surface area (TPSA) is 59.1 Å². The summed E-state index contributed by atoms with van der Waals surface area (Å²) >= 11 is 3.28. The first-order chi connectivity index (χ1) is 9.36. The molecule has 0 aliphatic rings. The van der Waals surface area contributed by atoms with Crippen LogP contribution in [0.5, 0.6) is 0 Å². The predicted molar refractivity (Wildman–Crippen MR) is 78.8 cm³/mol. The Morgan fingerprint density at radius 2 is 2.05 bits per heavy atom. The second-order valence-corrected chi connectivity index (χ2v) is 7.06. The third-order valence-electron chi connectivity index (χ3n) is 2.61. The van der Waals surface area contributed by atoms with Gasteiger partial charge in [0.1, 0.15) is 5.82 Å². The summed E-state index contributed by atoms with van der Waals surface area (Å²) in [5, 5.41) is 3.12. The van der Waals surface area contributed by atoms with Gasteiger partial charge in [0.15, 0.2) is 14.9 Å². The maximum absolute atomic E-state index is 12.9. The molecule has 0 unspecified atom stereocenters. The van der Waals surface area contributed by atoms with E-state index in [-0.39, 0.29) is 10.8 Å². The van der Waals surface area contributed by atoms with E-state index in [1.807, 2.05) is 0 Å². The molecule has 7 heteroatoms. The minimum absolute atomic E-state index is 0.0333. The van der Waals surface area contributed by atoms with Crippen LogP contribution < -0.4 is 5.32 Å². The number of hydrogen-bond donors (Lipinski definition) is 1. The highest BCUT2D eigenvalue weighted by Gasteiger charge is 2.08. The van der Waals surface area contributed by atoms with E-state index in [1.54, 1.807) is 12.1 Å². The number of nitrogens with one attached hydrogen (secondary N) is 1. The van der Waals surface area contributed by atoms with Gasteiger partial charge in [0.25, 0.3) is 0 Å². The zero-order chi connectivity index (χ0) is 14.8. The summed E-state index contributed by atoms with van der Waals surface area (Å²) in [6.07, 6.45) is 2.56. The van der Waals surface area contributed by atoms with Crippen molar-refractivity contribution in [3.05, 3.63) is 52.4 Å². The Morgan fingerprint density at radius 1 is 1.30 bits per heavy atom. The van der Waals surface area contributed by atoms with E-state index in [9.17, 15) is 12.8 Å². The minimum Gasteiger partial charge on any atom is -0.380 e. The fourth-order valence-corrected chi connectivity index (χ4v) is 2.62. The lowest BCUT2D eigenvalue weighted by atomic mass is 10.2. The summed E-state index contributed by atoms with van der Waals surface area (Å²) in [4.78, 5) is 3.88. The van der Waals surface area contributed by atoms with Crippen LogP contribution in [0.25, 0.3) is 0 Å². The van der Waals surface area contributed by atoms with Crippen molar-refractivity contribution in [2.24, 2.45) is 0 Å². The van der Waals surface area contributed by atoms with E-state index in [0.29, 0.717) is 16.7 Å². The van der Waals surface area contributed by atoms with Crippen molar-refractivity contribution in [1.82, 2.24) is 4.98 Å². The van der Waals surface area contributed by atoms with Crippen molar-refractivity contribution in [2.45, 2.75) is 11.6 Å². The van der Waals surface area contributed by atoms with Crippen molar-refractivity contribution in [1.29, 1.82) is 0 Å². The van der Waals surface area contributed by atoms with Crippen LogP contribution in [0.1, 0.15) is 5.56 Å². The minimum atomic E-state index is -3.29. The lowest BCUT2D eigenvalue weighted by Crippen LogP contribution is -2.03. The van der Waals surface area contributed by atoms with Gasteiger partial charge in [0, 0.05) is 17.3 Å². The van der Waals surface area contributed by atoms with Crippen LogP contribution in [0.3, 0.4) is 0 Å². The zero-order valence-corrected chi connectivity index (χ0v) is 13.0. The normalized spacial score (nSPS) is 11.3. The van der Waals surface area contributed by atoms with Crippen molar-refractivity contribution < 1.29 is 12.8 Å². The number of nitrogens with zero attached hydrogens (tertiary/aromatic N) is 1. The number of aromatic nitrogens is 1. The van der Waals surface area contributed by atoms with E-state index in [2.05, 4.69) is 26.2 Å². The molecule has 1 heterocycles. The van der Waals surface area contributed by atoms with E-state index < -0.39 is 9.84 Å². The van der Waals surface area contributed by atoms with E-state index in [4.69, 9.17) is 0 Å². The second-order valence-electron chi connectivity index (χ2n) is 4.25. The molecule has 0 fully saturated rings. The van der Waals surface area contributed by atoms with Crippen LogP contribution in [-0.2, 0) is 16.4 Å². The summed E-state index contributed by atoms with van der Waals surface area (Å²) < 4.78 is 36.2. The molecule has 1 aromatic carbocycles. The largest absolute Gasteiger partial charge is 0.380 e. The smallest absolute Gasteiger partial charge is 0.192 e. The van der Waals surface area contributed by atoms with Gasteiger partial charge in [-0.15, -0.1) is 0 Å². The second kappa shape index (κ2) is 5.88. The van der Waals surface area contributed by atoms with Gasteiger partial charge in [-0.25, -0.2) is 17.8 Å². The van der Waals surface area contributed by atoms with Gasteiger partial charge >= 0.3 is 0 Å². The van der Waals surface area contributed by atoms with Crippen molar-refractivity contribution in [3.8, 4) is 0 Å². The van der Waals surface area contributed by atoms with Crippen LogP contribution >= 0.6 is 15.9 Å². The molecular weight excluding hydrogens is 347 g/mol. The summed E-state index contributed by atoms with van der Waals surface area (Å²) in [6, 6.07) is 7.53. The molecule has 0 spiro atoms. The van der Waals surface area contributed by atoms with Gasteiger partial charge in [-0.1, -0.05) is 22.0 Å². The highest BCUT2D eigenvalue weighted by atomic mass is 79.9. The molecule has 0 radical (unpaired) electrons. The lowest BCUT2D eigenvalue weighted by molar-refractivity contribution is 0.598. The molecule has 0 bridgehead atoms. The fraction of sp³-hybridized carbons (Fsp3) is 0.154. The first-order valence-electron chi connectivity index (χ1n) is 5.70. The Balaban J connectivity index is 2.08. The molecule has 0 aliphatic carbocycles. The Bertz CT molecular complexity index is 718. The average molecular weight is 359 g/mol. The summed E-state index contributed by atoms with van der Waals surface area (Å²) in [5.41, 5.74) is 1.58. The van der Waals surface area contributed by atoms with Gasteiger partial charge in [0.2, 0.25) is 0 Å². The van der Waals surface area contributed by atoms with Gasteiger partial charge < -0.3 is 5.32 Å². The Kier molecular flexibility index (Phi) is 4.39. The van der Waals surface area contributed by atoms with Crippen molar-refractivity contribution >= 4 is 31.5 Å². The predicted octanol–water partition coefficient (Wildman–Crippen LogP) is 3.00. The van der Waals surface area contributed by atoms with Crippen molar-refractivity contribution in [2.75, 3.05) is 11.6 Å². The number of sulfone groups is 1. The molecular formula is C13H12BrFN2O2S. The third kappa shape index (κ3) is 3.77. The number of hydrogen-bond acceptors (Lipinski definition) is 4. The first-order valence-corrected chi connectivity index (χ1v) is 8.38. The Morgan fingerprint density at radius 3 is 2.60 bits per heavy atom. The molecule has 4 nitrogen and oxygen atoms in total. The highest BCUT2D eigenvalue weighted by molar-refractivity contribution is 9.10. The van der Waals surface area contributed by atoms with Crippen LogP contribution in [0.2, 0.25) is 0 Å². The van der Waals surface area contributed by atoms with Crippen molar-refractivity contribution in [3.63, 3.8) is 0 Å². The van der Waals surface area contributed by atoms with Gasteiger partial charge in [-0.3, -0.25) is 0 Å². The number of anilines is 1. The Hall–Kier alpha value is -1.47. The maximum Gasteiger partial charge on any atom is 0.192 e. The monoisotopic (exact) mass is 358 g/mol. The number of halogens is 2. The van der Waals surface area contributed by atoms with E-state index >= 15 is 0 Å². The molecule has 106 valence electrons. The number of pyridine rings is 1. The molecule has 0 amide bonds. The summed E-state index contributed by atoms with van der Waals surface area (Å²) in [7, 11) is -3.29. The quantitative estimate of drug-likeness (QED) is 0.912. The first kappa shape index (κ1) is 14.9. The highest BCUT2D eigenvalue weighted by Crippen LogP contribution is 2.19. The Labute approximate surface area is 125 Å². The van der Waals surface area contributed by atoms with Gasteiger partial charge in [-0.05, 0) is 29.8 Å². The molecule has 1 N–H and O–H groups in total. The SMILES string of the molecule is CS(=O)(=O)c1ccc(NCc2ccc(F)cc2Br)cn1. The molecule has 0 saturated carbocycles. The van der Waals surface area contributed by atoms with Gasteiger partial charge in [-0.2, -0.15) is 0 Å². The fourth-order valence-electron chi connectivity index (χ4n) is 1.57. The molecule has 1 aromatic heterocycles. The van der Waals surface area contributed by atoms with Crippen LogP contribution in [0, 0.1) is 5.82 Å². The molecule has 0 aliphatic heterocycles. The van der Waals surface area contributed by atoms with Crippen LogP contribution in [0.4, 0.5) is 10.1 Å². The van der Waals surface area contributed by atoms with Crippen LogP contribution in [-0.4, -0.2) is 19.7 Å². The molecule has 0 atom stereocenters. The molecule has 2 aromatic rings. The standard InChI is InChI=1S/C13H12BrFN2O2S/c1-20(18,19)13-5-4-11(8-17-13)16-7-9-2-3-10(15)6-12(9)14/h2-6,8,16H,7H2,1H3. The number of benzene rings is 1. The molecule has 0 saturated heterocycles. The summed E-state index contributed by atoms with van der Waals surface area (Å²) in [5.74, 6) is -0.306. The lowest BCUT2D eigenvalue weighted by Gasteiger charge is -2.08. The average Bonchev–Trinajstić information content (AvgIpc) is 2.37. The molecule has 2 rings (SSSR count). The van der Waals surface area contributed by atoms with Gasteiger partial charge in [0.05, 0.1) is 11.9 Å². The third-order valence-corrected chi connectivity index (χ3v) is 4.35.